The fourth-order valence-corrected chi connectivity index (χ4v) is 2.19. The van der Waals surface area contributed by atoms with Crippen LogP contribution in [0.2, 0.25) is 0 Å². The van der Waals surface area contributed by atoms with Gasteiger partial charge < -0.3 is 25.9 Å². The highest BCUT2D eigenvalue weighted by Crippen LogP contribution is 2.23. The lowest BCUT2D eigenvalue weighted by Gasteiger charge is -2.11. The monoisotopic (exact) mass is 320 g/mol. The predicted molar refractivity (Wildman–Crippen MR) is 91.5 cm³/mol. The van der Waals surface area contributed by atoms with Crippen LogP contribution >= 0.6 is 0 Å². The molecule has 0 fully saturated rings. The van der Waals surface area contributed by atoms with Gasteiger partial charge in [-0.15, -0.1) is 0 Å². The zero-order valence-corrected chi connectivity index (χ0v) is 13.4. The molecule has 2 aromatic rings. The van der Waals surface area contributed by atoms with Crippen LogP contribution in [0.15, 0.2) is 16.9 Å². The van der Waals surface area contributed by atoms with Crippen molar-refractivity contribution in [3.8, 4) is 0 Å². The van der Waals surface area contributed by atoms with Crippen molar-refractivity contribution in [3.63, 3.8) is 0 Å². The molecular weight excluding hydrogens is 296 g/mol. The Bertz CT molecular complexity index is 700. The largest absolute Gasteiger partial charge is 0.397 e. The second-order valence-electron chi connectivity index (χ2n) is 5.37. The number of aliphatic hydroxyl groups excluding tert-OH is 1. The average molecular weight is 320 g/mol. The number of benzene rings is 1. The molecule has 0 aliphatic carbocycles. The van der Waals surface area contributed by atoms with Gasteiger partial charge in [0, 0.05) is 19.8 Å². The fraction of sp³-hybridized carbons (Fsp3) is 0.500. The van der Waals surface area contributed by atoms with Crippen molar-refractivity contribution in [1.29, 1.82) is 0 Å². The average Bonchev–Trinajstić information content (AvgIpc) is 2.54. The standard InChI is InChI=1S/C16H24N4O3/c1-2-3-6-23-7-4-5-18-12-9-14-13(8-11(12)17)20-16(22)15(10-21)19-14/h8-9,18,21H,2-7,10,17H2,1H3,(H,20,22). The first-order chi connectivity index (χ1) is 11.2. The summed E-state index contributed by atoms with van der Waals surface area (Å²) in [5, 5.41) is 12.4. The molecule has 0 amide bonds. The highest BCUT2D eigenvalue weighted by molar-refractivity contribution is 5.86. The van der Waals surface area contributed by atoms with Gasteiger partial charge in [-0.2, -0.15) is 0 Å². The minimum absolute atomic E-state index is 0.0949. The second kappa shape index (κ2) is 8.50. The molecule has 0 aliphatic heterocycles. The molecular formula is C16H24N4O3. The molecule has 0 atom stereocenters. The van der Waals surface area contributed by atoms with Gasteiger partial charge in [-0.1, -0.05) is 13.3 Å². The normalized spacial score (nSPS) is 11.0. The van der Waals surface area contributed by atoms with E-state index >= 15 is 0 Å². The first-order valence-corrected chi connectivity index (χ1v) is 7.90. The quantitative estimate of drug-likeness (QED) is 0.412. The number of unbranched alkanes of at least 4 members (excludes halogenated alkanes) is 1. The molecule has 23 heavy (non-hydrogen) atoms. The number of nitrogens with zero attached hydrogens (tertiary/aromatic N) is 1. The molecule has 1 aromatic heterocycles. The van der Waals surface area contributed by atoms with Gasteiger partial charge in [0.25, 0.3) is 5.56 Å². The molecule has 0 saturated carbocycles. The second-order valence-corrected chi connectivity index (χ2v) is 5.37. The number of fused-ring (bicyclic) bond motifs is 1. The Kier molecular flexibility index (Phi) is 6.37. The van der Waals surface area contributed by atoms with E-state index in [0.717, 1.165) is 38.1 Å². The number of hydrogen-bond acceptors (Lipinski definition) is 6. The van der Waals surface area contributed by atoms with Crippen LogP contribution in [0.3, 0.4) is 0 Å². The maximum Gasteiger partial charge on any atom is 0.272 e. The van der Waals surface area contributed by atoms with Crippen molar-refractivity contribution in [3.05, 3.63) is 28.2 Å². The van der Waals surface area contributed by atoms with Gasteiger partial charge in [-0.3, -0.25) is 4.79 Å². The molecule has 1 heterocycles. The van der Waals surface area contributed by atoms with Crippen molar-refractivity contribution < 1.29 is 9.84 Å². The van der Waals surface area contributed by atoms with E-state index in [4.69, 9.17) is 15.6 Å². The molecule has 5 N–H and O–H groups in total. The molecule has 0 spiro atoms. The summed E-state index contributed by atoms with van der Waals surface area (Å²) in [4.78, 5) is 18.5. The van der Waals surface area contributed by atoms with Crippen LogP contribution in [0.5, 0.6) is 0 Å². The maximum atomic E-state index is 11.6. The van der Waals surface area contributed by atoms with E-state index in [1.54, 1.807) is 12.1 Å². The number of aromatic amines is 1. The van der Waals surface area contributed by atoms with Gasteiger partial charge in [0.15, 0.2) is 0 Å². The highest BCUT2D eigenvalue weighted by Gasteiger charge is 2.07. The highest BCUT2D eigenvalue weighted by atomic mass is 16.5. The van der Waals surface area contributed by atoms with E-state index in [0.29, 0.717) is 23.3 Å². The summed E-state index contributed by atoms with van der Waals surface area (Å²) >= 11 is 0. The number of nitrogen functional groups attached to an aromatic ring is 1. The van der Waals surface area contributed by atoms with Crippen molar-refractivity contribution in [1.82, 2.24) is 9.97 Å². The molecule has 0 radical (unpaired) electrons. The van der Waals surface area contributed by atoms with E-state index in [2.05, 4.69) is 22.2 Å². The Balaban J connectivity index is 1.99. The Morgan fingerprint density at radius 3 is 2.87 bits per heavy atom. The molecule has 0 aliphatic rings. The molecule has 1 aromatic carbocycles. The van der Waals surface area contributed by atoms with Gasteiger partial charge in [0.1, 0.15) is 5.69 Å². The number of nitrogens with one attached hydrogen (secondary N) is 2. The van der Waals surface area contributed by atoms with E-state index in [-0.39, 0.29) is 5.69 Å². The van der Waals surface area contributed by atoms with E-state index in [9.17, 15) is 4.79 Å². The Morgan fingerprint density at radius 1 is 1.35 bits per heavy atom. The number of aromatic nitrogens is 2. The van der Waals surface area contributed by atoms with Gasteiger partial charge in [-0.25, -0.2) is 4.98 Å². The van der Waals surface area contributed by atoms with Gasteiger partial charge in [0.2, 0.25) is 0 Å². The lowest BCUT2D eigenvalue weighted by atomic mass is 10.2. The number of ether oxygens (including phenoxy) is 1. The van der Waals surface area contributed by atoms with Crippen LogP contribution in [-0.2, 0) is 11.3 Å². The number of nitrogens with two attached hydrogens (primary N) is 1. The van der Waals surface area contributed by atoms with Crippen molar-refractivity contribution >= 4 is 22.4 Å². The minimum atomic E-state index is -0.399. The topological polar surface area (TPSA) is 113 Å². The van der Waals surface area contributed by atoms with Gasteiger partial charge in [-0.05, 0) is 25.0 Å². The zero-order chi connectivity index (χ0) is 16.7. The fourth-order valence-electron chi connectivity index (χ4n) is 2.19. The van der Waals surface area contributed by atoms with Crippen molar-refractivity contribution in [2.75, 3.05) is 30.8 Å². The molecule has 126 valence electrons. The lowest BCUT2D eigenvalue weighted by Crippen LogP contribution is -2.15. The summed E-state index contributed by atoms with van der Waals surface area (Å²) in [5.41, 5.74) is 8.13. The number of aliphatic hydroxyl groups is 1. The van der Waals surface area contributed by atoms with Crippen LogP contribution in [0, 0.1) is 0 Å². The van der Waals surface area contributed by atoms with Gasteiger partial charge >= 0.3 is 0 Å². The van der Waals surface area contributed by atoms with Crippen LogP contribution in [0.1, 0.15) is 31.9 Å². The number of rotatable bonds is 9. The van der Waals surface area contributed by atoms with E-state index in [1.165, 1.54) is 0 Å². The van der Waals surface area contributed by atoms with Crippen molar-refractivity contribution in [2.45, 2.75) is 32.8 Å². The predicted octanol–water partition coefficient (Wildman–Crippen LogP) is 1.62. The third-order valence-corrected chi connectivity index (χ3v) is 3.51. The summed E-state index contributed by atoms with van der Waals surface area (Å²) in [6, 6.07) is 3.45. The third kappa shape index (κ3) is 4.67. The van der Waals surface area contributed by atoms with E-state index in [1.807, 2.05) is 0 Å². The number of H-pyrrole nitrogens is 1. The Hall–Kier alpha value is -2.12. The van der Waals surface area contributed by atoms with E-state index < -0.39 is 12.2 Å². The number of hydrogen-bond donors (Lipinski definition) is 4. The summed E-state index contributed by atoms with van der Waals surface area (Å²) in [7, 11) is 0. The first kappa shape index (κ1) is 17.2. The van der Waals surface area contributed by atoms with Crippen LogP contribution in [0.4, 0.5) is 11.4 Å². The molecule has 7 heteroatoms. The summed E-state index contributed by atoms with van der Waals surface area (Å²) in [6.45, 7) is 3.99. The first-order valence-electron chi connectivity index (χ1n) is 7.90. The van der Waals surface area contributed by atoms with Crippen LogP contribution in [-0.4, -0.2) is 34.8 Å². The molecule has 7 nitrogen and oxygen atoms in total. The van der Waals surface area contributed by atoms with Crippen molar-refractivity contribution in [2.24, 2.45) is 0 Å². The Morgan fingerprint density at radius 2 is 2.13 bits per heavy atom. The van der Waals surface area contributed by atoms with Crippen LogP contribution < -0.4 is 16.6 Å². The smallest absolute Gasteiger partial charge is 0.272 e. The lowest BCUT2D eigenvalue weighted by molar-refractivity contribution is 0.131. The van der Waals surface area contributed by atoms with Gasteiger partial charge in [0.05, 0.1) is 29.0 Å². The summed E-state index contributed by atoms with van der Waals surface area (Å²) in [6.07, 6.45) is 3.10. The molecule has 0 bridgehead atoms. The molecule has 0 saturated heterocycles. The third-order valence-electron chi connectivity index (χ3n) is 3.51. The number of anilines is 2. The Labute approximate surface area is 134 Å². The zero-order valence-electron chi connectivity index (χ0n) is 13.4. The minimum Gasteiger partial charge on any atom is -0.397 e. The summed E-state index contributed by atoms with van der Waals surface area (Å²) in [5.74, 6) is 0. The molecule has 0 unspecified atom stereocenters. The summed E-state index contributed by atoms with van der Waals surface area (Å²) < 4.78 is 5.50. The SMILES string of the molecule is CCCCOCCCNc1cc2nc(CO)c(=O)[nH]c2cc1N. The van der Waals surface area contributed by atoms with Crippen LogP contribution in [0.25, 0.3) is 11.0 Å². The molecule has 2 rings (SSSR count). The maximum absolute atomic E-state index is 11.6.